The van der Waals surface area contributed by atoms with Crippen molar-refractivity contribution in [2.24, 2.45) is 0 Å². The summed E-state index contributed by atoms with van der Waals surface area (Å²) >= 11 is 6.84. The molecule has 0 aliphatic carbocycles. The molecule has 5 nitrogen and oxygen atoms in total. The molecule has 1 aromatic carbocycles. The van der Waals surface area contributed by atoms with Crippen molar-refractivity contribution in [1.29, 1.82) is 0 Å². The van der Waals surface area contributed by atoms with E-state index in [4.69, 9.17) is 11.6 Å². The van der Waals surface area contributed by atoms with Gasteiger partial charge < -0.3 is 4.57 Å². The lowest BCUT2D eigenvalue weighted by atomic mass is 10.1. The van der Waals surface area contributed by atoms with E-state index in [9.17, 15) is 8.42 Å². The molecule has 1 aliphatic rings. The highest BCUT2D eigenvalue weighted by atomic mass is 35.5. The van der Waals surface area contributed by atoms with Gasteiger partial charge in [-0.05, 0) is 36.2 Å². The van der Waals surface area contributed by atoms with Crippen LogP contribution in [0.1, 0.15) is 12.2 Å². The molecule has 1 N–H and O–H groups in total. The second kappa shape index (κ2) is 5.91. The number of nitrogens with one attached hydrogen (secondary N) is 1. The minimum Gasteiger partial charge on any atom is -0.328 e. The molecule has 124 valence electrons. The van der Waals surface area contributed by atoms with Gasteiger partial charge in [-0.15, -0.1) is 11.3 Å². The third-order valence-corrected chi connectivity index (χ3v) is 7.07. The summed E-state index contributed by atoms with van der Waals surface area (Å²) < 4.78 is 30.1. The van der Waals surface area contributed by atoms with Gasteiger partial charge in [0.05, 0.1) is 16.2 Å². The van der Waals surface area contributed by atoms with Crippen LogP contribution >= 0.6 is 22.9 Å². The van der Waals surface area contributed by atoms with Gasteiger partial charge in [0, 0.05) is 18.7 Å². The van der Waals surface area contributed by atoms with Crippen molar-refractivity contribution in [3.63, 3.8) is 0 Å². The van der Waals surface area contributed by atoms with E-state index in [1.807, 2.05) is 18.3 Å². The molecule has 0 spiro atoms. The topological polar surface area (TPSA) is 64.0 Å². The summed E-state index contributed by atoms with van der Waals surface area (Å²) in [7, 11) is -3.60. The van der Waals surface area contributed by atoms with Gasteiger partial charge in [-0.3, -0.25) is 4.72 Å². The summed E-state index contributed by atoms with van der Waals surface area (Å²) in [5.41, 5.74) is 2.61. The fraction of sp³-hybridized carbons (Fsp3) is 0.188. The van der Waals surface area contributed by atoms with Crippen LogP contribution in [-0.4, -0.2) is 18.0 Å². The minimum absolute atomic E-state index is 0.199. The Hall–Kier alpha value is -1.83. The Morgan fingerprint density at radius 3 is 2.67 bits per heavy atom. The molecule has 24 heavy (non-hydrogen) atoms. The molecule has 0 amide bonds. The highest BCUT2D eigenvalue weighted by molar-refractivity contribution is 7.94. The molecule has 0 atom stereocenters. The number of nitrogens with zero attached hydrogens (tertiary/aromatic N) is 2. The van der Waals surface area contributed by atoms with Crippen LogP contribution in [-0.2, 0) is 23.0 Å². The lowest BCUT2D eigenvalue weighted by Crippen LogP contribution is -2.11. The van der Waals surface area contributed by atoms with Crippen LogP contribution in [0.2, 0.25) is 4.34 Å². The molecular formula is C16H14ClN3O2S2. The molecule has 3 aromatic rings. The van der Waals surface area contributed by atoms with Crippen molar-refractivity contribution in [2.45, 2.75) is 23.6 Å². The number of sulfonamides is 1. The second-order valence-electron chi connectivity index (χ2n) is 5.56. The van der Waals surface area contributed by atoms with Crippen LogP contribution in [0.25, 0.3) is 11.3 Å². The summed E-state index contributed by atoms with van der Waals surface area (Å²) in [5.74, 6) is 1.12. The predicted molar refractivity (Wildman–Crippen MR) is 96.1 cm³/mol. The number of hydrogen-bond donors (Lipinski definition) is 1. The van der Waals surface area contributed by atoms with E-state index in [2.05, 4.69) is 14.3 Å². The number of aryl methyl sites for hydroxylation is 1. The van der Waals surface area contributed by atoms with Crippen LogP contribution in [0.3, 0.4) is 0 Å². The fourth-order valence-corrected chi connectivity index (χ4v) is 5.39. The number of anilines is 1. The van der Waals surface area contributed by atoms with Crippen molar-refractivity contribution in [1.82, 2.24) is 9.55 Å². The Morgan fingerprint density at radius 2 is 1.96 bits per heavy atom. The standard InChI is InChI=1S/C16H14ClN3O2S2/c17-14-7-8-16(23-14)24(21,22)19-12-5-3-11(4-6-12)13-10-18-15-2-1-9-20(13)15/h3-8,10,19H,1-2,9H2. The largest absolute Gasteiger partial charge is 0.328 e. The highest BCUT2D eigenvalue weighted by Gasteiger charge is 2.18. The van der Waals surface area contributed by atoms with Crippen molar-refractivity contribution >= 4 is 38.6 Å². The van der Waals surface area contributed by atoms with E-state index >= 15 is 0 Å². The van der Waals surface area contributed by atoms with Crippen LogP contribution in [0.15, 0.2) is 46.8 Å². The van der Waals surface area contributed by atoms with Crippen LogP contribution in [0.4, 0.5) is 5.69 Å². The molecular weight excluding hydrogens is 366 g/mol. The molecule has 3 heterocycles. The van der Waals surface area contributed by atoms with Crippen molar-refractivity contribution in [3.05, 3.63) is 52.8 Å². The molecule has 2 aromatic heterocycles. The second-order valence-corrected chi connectivity index (χ2v) is 9.18. The van der Waals surface area contributed by atoms with Crippen molar-refractivity contribution in [2.75, 3.05) is 4.72 Å². The number of benzene rings is 1. The van der Waals surface area contributed by atoms with E-state index in [1.165, 1.54) is 6.07 Å². The van der Waals surface area contributed by atoms with E-state index < -0.39 is 10.0 Å². The minimum atomic E-state index is -3.60. The Bertz CT molecular complexity index is 991. The normalized spacial score (nSPS) is 13.9. The molecule has 0 unspecified atom stereocenters. The Labute approximate surface area is 149 Å². The van der Waals surface area contributed by atoms with Crippen molar-refractivity contribution < 1.29 is 8.42 Å². The van der Waals surface area contributed by atoms with Gasteiger partial charge in [-0.1, -0.05) is 23.7 Å². The van der Waals surface area contributed by atoms with Gasteiger partial charge >= 0.3 is 0 Å². The maximum Gasteiger partial charge on any atom is 0.271 e. The zero-order valence-electron chi connectivity index (χ0n) is 12.6. The van der Waals surface area contributed by atoms with Crippen LogP contribution in [0, 0.1) is 0 Å². The van der Waals surface area contributed by atoms with E-state index in [0.717, 1.165) is 47.8 Å². The predicted octanol–water partition coefficient (Wildman–Crippen LogP) is 4.01. The molecule has 0 bridgehead atoms. The maximum absolute atomic E-state index is 12.3. The van der Waals surface area contributed by atoms with Gasteiger partial charge in [0.2, 0.25) is 0 Å². The lowest BCUT2D eigenvalue weighted by molar-refractivity contribution is 0.603. The first-order chi connectivity index (χ1) is 11.5. The molecule has 0 radical (unpaired) electrons. The SMILES string of the molecule is O=S(=O)(Nc1ccc(-c2cnc3n2CCC3)cc1)c1ccc(Cl)s1. The average molecular weight is 380 g/mol. The van der Waals surface area contributed by atoms with Crippen molar-refractivity contribution in [3.8, 4) is 11.3 Å². The smallest absolute Gasteiger partial charge is 0.271 e. The zero-order valence-corrected chi connectivity index (χ0v) is 15.0. The van der Waals surface area contributed by atoms with Gasteiger partial charge in [0.15, 0.2) is 0 Å². The summed E-state index contributed by atoms with van der Waals surface area (Å²) in [6.07, 6.45) is 4.01. The van der Waals surface area contributed by atoms with Crippen LogP contribution in [0.5, 0.6) is 0 Å². The molecule has 0 saturated heterocycles. The number of aromatic nitrogens is 2. The zero-order chi connectivity index (χ0) is 16.7. The lowest BCUT2D eigenvalue weighted by Gasteiger charge is -2.08. The van der Waals surface area contributed by atoms with E-state index in [0.29, 0.717) is 10.0 Å². The highest BCUT2D eigenvalue weighted by Crippen LogP contribution is 2.29. The number of hydrogen-bond acceptors (Lipinski definition) is 4. The van der Waals surface area contributed by atoms with Gasteiger partial charge in [-0.2, -0.15) is 0 Å². The molecule has 8 heteroatoms. The van der Waals surface area contributed by atoms with Gasteiger partial charge in [0.1, 0.15) is 10.0 Å². The first-order valence-corrected chi connectivity index (χ1v) is 10.1. The average Bonchev–Trinajstić information content (AvgIpc) is 3.24. The molecule has 4 rings (SSSR count). The Balaban J connectivity index is 1.58. The van der Waals surface area contributed by atoms with Crippen LogP contribution < -0.4 is 4.72 Å². The summed E-state index contributed by atoms with van der Waals surface area (Å²) in [6.45, 7) is 0.984. The number of rotatable bonds is 4. The maximum atomic E-state index is 12.3. The van der Waals surface area contributed by atoms with Gasteiger partial charge in [-0.25, -0.2) is 13.4 Å². The summed E-state index contributed by atoms with van der Waals surface area (Å²) in [5, 5.41) is 0. The monoisotopic (exact) mass is 379 g/mol. The summed E-state index contributed by atoms with van der Waals surface area (Å²) in [4.78, 5) is 4.44. The quantitative estimate of drug-likeness (QED) is 0.744. The Morgan fingerprint density at radius 1 is 1.17 bits per heavy atom. The number of imidazole rings is 1. The molecule has 0 fully saturated rings. The van der Waals surface area contributed by atoms with Gasteiger partial charge in [0.25, 0.3) is 10.0 Å². The van der Waals surface area contributed by atoms with E-state index in [-0.39, 0.29) is 4.21 Å². The summed E-state index contributed by atoms with van der Waals surface area (Å²) in [6, 6.07) is 10.4. The molecule has 1 aliphatic heterocycles. The number of halogens is 1. The third kappa shape index (κ3) is 2.83. The third-order valence-electron chi connectivity index (χ3n) is 3.97. The number of thiophene rings is 1. The first kappa shape index (κ1) is 15.7. The number of fused-ring (bicyclic) bond motifs is 1. The fourth-order valence-electron chi connectivity index (χ4n) is 2.85. The first-order valence-electron chi connectivity index (χ1n) is 7.46. The Kier molecular flexibility index (Phi) is 3.86. The van der Waals surface area contributed by atoms with E-state index in [1.54, 1.807) is 18.2 Å². The molecule has 0 saturated carbocycles.